The third kappa shape index (κ3) is 4.58. The number of rotatable bonds is 8. The fourth-order valence-corrected chi connectivity index (χ4v) is 4.76. The van der Waals surface area contributed by atoms with Crippen LogP contribution in [0, 0.1) is 0 Å². The molecule has 2 aromatic carbocycles. The van der Waals surface area contributed by atoms with E-state index in [9.17, 15) is 13.2 Å². The highest BCUT2D eigenvalue weighted by atomic mass is 32.2. The Hall–Kier alpha value is -3.04. The molecular weight excluding hydrogens is 406 g/mol. The van der Waals surface area contributed by atoms with Gasteiger partial charge >= 0.3 is 0 Å². The summed E-state index contributed by atoms with van der Waals surface area (Å²) >= 11 is 0. The summed E-state index contributed by atoms with van der Waals surface area (Å²) in [5, 5.41) is 0. The summed E-state index contributed by atoms with van der Waals surface area (Å²) in [7, 11) is -0.518. The van der Waals surface area contributed by atoms with Crippen LogP contribution in [0.3, 0.4) is 0 Å². The fraction of sp³-hybridized carbons (Fsp3) is 0.286. The largest absolute Gasteiger partial charge is 0.497 e. The van der Waals surface area contributed by atoms with Crippen LogP contribution in [0.25, 0.3) is 5.70 Å². The molecule has 8 nitrogen and oxygen atoms in total. The molecule has 0 bridgehead atoms. The maximum Gasteiger partial charge on any atom is 0.269 e. The van der Waals surface area contributed by atoms with E-state index in [4.69, 9.17) is 9.47 Å². The highest BCUT2D eigenvalue weighted by molar-refractivity contribution is 7.89. The van der Waals surface area contributed by atoms with Crippen LogP contribution in [-0.2, 0) is 10.0 Å². The van der Waals surface area contributed by atoms with Gasteiger partial charge in [-0.05, 0) is 43.2 Å². The Labute approximate surface area is 176 Å². The average molecular weight is 432 g/mol. The Morgan fingerprint density at radius 3 is 2.43 bits per heavy atom. The number of hydrazine groups is 1. The van der Waals surface area contributed by atoms with Crippen LogP contribution >= 0.6 is 0 Å². The zero-order chi connectivity index (χ0) is 21.7. The van der Waals surface area contributed by atoms with Crippen molar-refractivity contribution in [1.29, 1.82) is 0 Å². The number of carbonyl (C=O) groups excluding carboxylic acids is 1. The van der Waals surface area contributed by atoms with E-state index in [1.807, 2.05) is 0 Å². The molecule has 0 aromatic heterocycles. The molecule has 0 radical (unpaired) electrons. The van der Waals surface area contributed by atoms with E-state index in [2.05, 4.69) is 17.4 Å². The second-order valence-corrected chi connectivity index (χ2v) is 8.70. The van der Waals surface area contributed by atoms with Crippen LogP contribution in [0.1, 0.15) is 28.8 Å². The molecular formula is C21H25N3O5S. The van der Waals surface area contributed by atoms with E-state index >= 15 is 0 Å². The predicted octanol–water partition coefficient (Wildman–Crippen LogP) is 2.39. The summed E-state index contributed by atoms with van der Waals surface area (Å²) < 4.78 is 37.4. The van der Waals surface area contributed by atoms with Gasteiger partial charge in [0.1, 0.15) is 11.5 Å². The molecule has 1 aliphatic rings. The number of benzene rings is 2. The number of hydrogen-bond acceptors (Lipinski definition) is 6. The molecule has 0 saturated carbocycles. The summed E-state index contributed by atoms with van der Waals surface area (Å²) in [6.45, 7) is 4.92. The van der Waals surface area contributed by atoms with Gasteiger partial charge in [-0.15, -0.1) is 0 Å². The monoisotopic (exact) mass is 431 g/mol. The maximum absolute atomic E-state index is 12.7. The zero-order valence-corrected chi connectivity index (χ0v) is 17.8. The SMILES string of the molecule is C=C(NNC(=O)c1cccc(S(=O)(=O)N2CCCC2)c1)c1ccc(OC)cc1OC. The topological polar surface area (TPSA) is 97.0 Å². The summed E-state index contributed by atoms with van der Waals surface area (Å²) in [4.78, 5) is 12.7. The van der Waals surface area contributed by atoms with E-state index < -0.39 is 15.9 Å². The van der Waals surface area contributed by atoms with Crippen molar-refractivity contribution in [2.24, 2.45) is 0 Å². The Morgan fingerprint density at radius 2 is 1.77 bits per heavy atom. The maximum atomic E-state index is 12.7. The highest BCUT2D eigenvalue weighted by Gasteiger charge is 2.27. The first-order valence-electron chi connectivity index (χ1n) is 9.44. The van der Waals surface area contributed by atoms with E-state index in [-0.39, 0.29) is 10.5 Å². The molecule has 0 atom stereocenters. The first-order chi connectivity index (χ1) is 14.4. The molecule has 2 N–H and O–H groups in total. The van der Waals surface area contributed by atoms with Crippen LogP contribution in [0.4, 0.5) is 0 Å². The number of methoxy groups -OCH3 is 2. The van der Waals surface area contributed by atoms with Crippen molar-refractivity contribution in [1.82, 2.24) is 15.2 Å². The second kappa shape index (κ2) is 9.19. The van der Waals surface area contributed by atoms with Gasteiger partial charge in [0.2, 0.25) is 10.0 Å². The van der Waals surface area contributed by atoms with Gasteiger partial charge in [-0.1, -0.05) is 12.6 Å². The van der Waals surface area contributed by atoms with Crippen molar-refractivity contribution in [2.75, 3.05) is 27.3 Å². The lowest BCUT2D eigenvalue weighted by Gasteiger charge is -2.17. The summed E-state index contributed by atoms with van der Waals surface area (Å²) in [6, 6.07) is 11.2. The molecule has 0 unspecified atom stereocenters. The molecule has 3 rings (SSSR count). The third-order valence-electron chi connectivity index (χ3n) is 4.86. The van der Waals surface area contributed by atoms with Crippen molar-refractivity contribution in [3.05, 3.63) is 60.2 Å². The van der Waals surface area contributed by atoms with Gasteiger partial charge in [-0.25, -0.2) is 8.42 Å². The molecule has 0 aliphatic carbocycles. The van der Waals surface area contributed by atoms with Crippen molar-refractivity contribution in [3.63, 3.8) is 0 Å². The molecule has 1 amide bonds. The highest BCUT2D eigenvalue weighted by Crippen LogP contribution is 2.28. The molecule has 1 fully saturated rings. The van der Waals surface area contributed by atoms with E-state index in [1.165, 1.54) is 23.5 Å². The minimum Gasteiger partial charge on any atom is -0.497 e. The van der Waals surface area contributed by atoms with Crippen molar-refractivity contribution in [3.8, 4) is 11.5 Å². The van der Waals surface area contributed by atoms with E-state index in [1.54, 1.807) is 37.4 Å². The molecule has 1 saturated heterocycles. The summed E-state index contributed by atoms with van der Waals surface area (Å²) in [5.74, 6) is 0.672. The molecule has 160 valence electrons. The molecule has 9 heteroatoms. The van der Waals surface area contributed by atoms with Crippen molar-refractivity contribution in [2.45, 2.75) is 17.7 Å². The van der Waals surface area contributed by atoms with Gasteiger partial charge in [-0.2, -0.15) is 4.31 Å². The van der Waals surface area contributed by atoms with Crippen LogP contribution in [0.5, 0.6) is 11.5 Å². The van der Waals surface area contributed by atoms with E-state index in [0.717, 1.165) is 12.8 Å². The van der Waals surface area contributed by atoms with Crippen LogP contribution in [-0.4, -0.2) is 45.9 Å². The molecule has 0 spiro atoms. The van der Waals surface area contributed by atoms with Gasteiger partial charge in [0.15, 0.2) is 0 Å². The normalized spacial score (nSPS) is 14.2. The minimum absolute atomic E-state index is 0.104. The van der Waals surface area contributed by atoms with Crippen LogP contribution < -0.4 is 20.3 Å². The Morgan fingerprint density at radius 1 is 1.03 bits per heavy atom. The summed E-state index contributed by atoms with van der Waals surface area (Å²) in [5.41, 5.74) is 6.56. The second-order valence-electron chi connectivity index (χ2n) is 6.76. The number of sulfonamides is 1. The van der Waals surface area contributed by atoms with Crippen LogP contribution in [0.15, 0.2) is 53.9 Å². The van der Waals surface area contributed by atoms with Crippen molar-refractivity contribution < 1.29 is 22.7 Å². The lowest BCUT2D eigenvalue weighted by atomic mass is 10.1. The number of amides is 1. The van der Waals surface area contributed by atoms with Gasteiger partial charge in [0, 0.05) is 30.3 Å². The fourth-order valence-electron chi connectivity index (χ4n) is 3.19. The minimum atomic E-state index is -3.60. The number of carbonyl (C=O) groups is 1. The molecule has 2 aromatic rings. The first kappa shape index (κ1) is 21.7. The quantitative estimate of drug-likeness (QED) is 0.623. The first-order valence-corrected chi connectivity index (χ1v) is 10.9. The predicted molar refractivity (Wildman–Crippen MR) is 114 cm³/mol. The number of nitrogens with one attached hydrogen (secondary N) is 2. The lowest BCUT2D eigenvalue weighted by molar-refractivity contribution is 0.0942. The Bertz CT molecular complexity index is 1050. The third-order valence-corrected chi connectivity index (χ3v) is 6.75. The lowest BCUT2D eigenvalue weighted by Crippen LogP contribution is -2.36. The van der Waals surface area contributed by atoms with Crippen molar-refractivity contribution >= 4 is 21.6 Å². The smallest absolute Gasteiger partial charge is 0.269 e. The Kier molecular flexibility index (Phi) is 6.63. The van der Waals surface area contributed by atoms with Gasteiger partial charge in [0.25, 0.3) is 5.91 Å². The standard InChI is InChI=1S/C21H25N3O5S/c1-15(19-10-9-17(28-2)14-20(19)29-3)22-23-21(25)16-7-6-8-18(13-16)30(26,27)24-11-4-5-12-24/h6-10,13-14,22H,1,4-5,11-12H2,2-3H3,(H,23,25). The van der Waals surface area contributed by atoms with Gasteiger partial charge in [-0.3, -0.25) is 15.6 Å². The van der Waals surface area contributed by atoms with E-state index in [0.29, 0.717) is 35.8 Å². The molecule has 1 heterocycles. The Balaban J connectivity index is 1.70. The van der Waals surface area contributed by atoms with Crippen LogP contribution in [0.2, 0.25) is 0 Å². The number of hydrogen-bond donors (Lipinski definition) is 2. The zero-order valence-electron chi connectivity index (χ0n) is 17.0. The summed E-state index contributed by atoms with van der Waals surface area (Å²) in [6.07, 6.45) is 1.69. The number of nitrogens with zero attached hydrogens (tertiary/aromatic N) is 1. The van der Waals surface area contributed by atoms with Gasteiger partial charge < -0.3 is 9.47 Å². The molecule has 1 aliphatic heterocycles. The number of ether oxygens (including phenoxy) is 2. The van der Waals surface area contributed by atoms with Gasteiger partial charge in [0.05, 0.1) is 24.8 Å². The molecule has 30 heavy (non-hydrogen) atoms. The average Bonchev–Trinajstić information content (AvgIpc) is 3.32.